The lowest BCUT2D eigenvalue weighted by atomic mass is 9.85. The molecule has 0 spiro atoms. The molecular weight excluding hydrogens is 476 g/mol. The van der Waals surface area contributed by atoms with Gasteiger partial charge in [0.25, 0.3) is 5.91 Å². The Hall–Kier alpha value is -2.70. The molecule has 0 saturated carbocycles. The Bertz CT molecular complexity index is 984. The number of nitrogens with zero attached hydrogens (tertiary/aromatic N) is 3. The van der Waals surface area contributed by atoms with Crippen molar-refractivity contribution in [2.75, 3.05) is 26.2 Å². The standard InChI is InChI=1S/C21H22F8N4O/c1-12(17(21(27,28)29)15(23)2-6-22)13-3-8-33(9-4-13)19(34)18-14-5-7-32(11-20(24,25)26)10-16(14)30-31-18/h2,6,13H,1,3-5,7-11H2,(H,30,31)/b6-2+,17-15-. The van der Waals surface area contributed by atoms with Crippen molar-refractivity contribution in [1.82, 2.24) is 20.0 Å². The maximum atomic E-state index is 13.9. The van der Waals surface area contributed by atoms with Gasteiger partial charge in [0.05, 0.1) is 24.1 Å². The molecule has 188 valence electrons. The Morgan fingerprint density at radius 2 is 1.79 bits per heavy atom. The van der Waals surface area contributed by atoms with Gasteiger partial charge in [-0.25, -0.2) is 8.78 Å². The van der Waals surface area contributed by atoms with E-state index in [2.05, 4.69) is 16.8 Å². The fraction of sp³-hybridized carbons (Fsp3) is 0.524. The number of H-pyrrole nitrogens is 1. The average molecular weight is 498 g/mol. The number of hydrogen-bond donors (Lipinski definition) is 1. The van der Waals surface area contributed by atoms with Crippen LogP contribution in [0.1, 0.15) is 34.6 Å². The number of aromatic amines is 1. The lowest BCUT2D eigenvalue weighted by Gasteiger charge is -2.34. The van der Waals surface area contributed by atoms with Crippen LogP contribution in [0.5, 0.6) is 0 Å². The predicted molar refractivity (Wildman–Crippen MR) is 106 cm³/mol. The Morgan fingerprint density at radius 1 is 1.15 bits per heavy atom. The summed E-state index contributed by atoms with van der Waals surface area (Å²) in [6.07, 6.45) is -9.34. The highest BCUT2D eigenvalue weighted by molar-refractivity contribution is 5.94. The van der Waals surface area contributed by atoms with E-state index in [1.807, 2.05) is 0 Å². The molecule has 2 aliphatic heterocycles. The number of carbonyl (C=O) groups is 1. The summed E-state index contributed by atoms with van der Waals surface area (Å²) in [6.45, 7) is 2.46. The topological polar surface area (TPSA) is 52.2 Å². The van der Waals surface area contributed by atoms with Crippen LogP contribution in [0, 0.1) is 5.92 Å². The summed E-state index contributed by atoms with van der Waals surface area (Å²) in [5.74, 6) is -3.03. The van der Waals surface area contributed by atoms with Crippen LogP contribution in [0.2, 0.25) is 0 Å². The summed E-state index contributed by atoms with van der Waals surface area (Å²) in [5.41, 5.74) is -1.13. The van der Waals surface area contributed by atoms with E-state index in [0.717, 1.165) is 0 Å². The number of carbonyl (C=O) groups excluding carboxylic acids is 1. The molecule has 0 unspecified atom stereocenters. The minimum atomic E-state index is -5.07. The van der Waals surface area contributed by atoms with Crippen molar-refractivity contribution in [3.8, 4) is 0 Å². The summed E-state index contributed by atoms with van der Waals surface area (Å²) in [5, 5.41) is 6.59. The summed E-state index contributed by atoms with van der Waals surface area (Å²) < 4.78 is 104. The van der Waals surface area contributed by atoms with Crippen molar-refractivity contribution in [2.24, 2.45) is 5.92 Å². The highest BCUT2D eigenvalue weighted by Crippen LogP contribution is 2.40. The van der Waals surface area contributed by atoms with Crippen LogP contribution in [0.25, 0.3) is 0 Å². The third-order valence-corrected chi connectivity index (χ3v) is 5.95. The fourth-order valence-electron chi connectivity index (χ4n) is 4.33. The van der Waals surface area contributed by atoms with Crippen molar-refractivity contribution in [2.45, 2.75) is 38.2 Å². The highest BCUT2D eigenvalue weighted by atomic mass is 19.4. The molecule has 1 fully saturated rings. The minimum absolute atomic E-state index is 0.0392. The quantitative estimate of drug-likeness (QED) is 0.459. The van der Waals surface area contributed by atoms with Gasteiger partial charge >= 0.3 is 12.4 Å². The number of amides is 1. The van der Waals surface area contributed by atoms with E-state index < -0.39 is 47.7 Å². The number of aromatic nitrogens is 2. The number of hydrogen-bond acceptors (Lipinski definition) is 3. The second-order valence-corrected chi connectivity index (χ2v) is 8.21. The second kappa shape index (κ2) is 9.88. The van der Waals surface area contributed by atoms with Crippen molar-refractivity contribution < 1.29 is 39.9 Å². The lowest BCUT2D eigenvalue weighted by Crippen LogP contribution is -2.41. The molecule has 0 radical (unpaired) electrons. The molecule has 13 heteroatoms. The first-order valence-corrected chi connectivity index (χ1v) is 10.4. The fourth-order valence-corrected chi connectivity index (χ4v) is 4.33. The number of fused-ring (bicyclic) bond motifs is 1. The van der Waals surface area contributed by atoms with Crippen molar-refractivity contribution in [1.29, 1.82) is 0 Å². The van der Waals surface area contributed by atoms with Crippen LogP contribution in [0.15, 0.2) is 36.0 Å². The third kappa shape index (κ3) is 5.86. The van der Waals surface area contributed by atoms with Crippen LogP contribution in [-0.4, -0.2) is 64.4 Å². The van der Waals surface area contributed by atoms with Gasteiger partial charge in [0.1, 0.15) is 5.83 Å². The molecule has 5 nitrogen and oxygen atoms in total. The number of nitrogens with one attached hydrogen (secondary N) is 1. The summed E-state index contributed by atoms with van der Waals surface area (Å²) in [6, 6.07) is 0. The monoisotopic (exact) mass is 498 g/mol. The molecule has 34 heavy (non-hydrogen) atoms. The SMILES string of the molecule is C=C(/C(=C(F)\C=C\F)C(F)(F)F)C1CCN(C(=O)c2n[nH]c3c2CCN(CC(F)(F)F)C3)CC1. The Labute approximate surface area is 189 Å². The van der Waals surface area contributed by atoms with Gasteiger partial charge in [-0.15, -0.1) is 0 Å². The number of piperidine rings is 1. The molecule has 1 aromatic rings. The van der Waals surface area contributed by atoms with Crippen LogP contribution in [-0.2, 0) is 13.0 Å². The van der Waals surface area contributed by atoms with E-state index in [4.69, 9.17) is 0 Å². The van der Waals surface area contributed by atoms with Gasteiger partial charge < -0.3 is 4.90 Å². The van der Waals surface area contributed by atoms with Crippen LogP contribution >= 0.6 is 0 Å². The smallest absolute Gasteiger partial charge is 0.337 e. The molecule has 1 amide bonds. The van der Waals surface area contributed by atoms with Crippen LogP contribution in [0.4, 0.5) is 35.1 Å². The molecule has 1 aromatic heterocycles. The molecule has 3 heterocycles. The van der Waals surface area contributed by atoms with Crippen molar-refractivity contribution >= 4 is 5.91 Å². The normalized spacial score (nSPS) is 19.4. The summed E-state index contributed by atoms with van der Waals surface area (Å²) >= 11 is 0. The number of rotatable bonds is 5. The second-order valence-electron chi connectivity index (χ2n) is 8.21. The molecule has 3 rings (SSSR count). The average Bonchev–Trinajstić information content (AvgIpc) is 3.14. The molecule has 0 bridgehead atoms. The van der Waals surface area contributed by atoms with E-state index in [1.165, 1.54) is 9.80 Å². The number of allylic oxidation sites excluding steroid dienone is 4. The van der Waals surface area contributed by atoms with E-state index in [1.54, 1.807) is 0 Å². The third-order valence-electron chi connectivity index (χ3n) is 5.95. The zero-order valence-corrected chi connectivity index (χ0v) is 17.9. The first-order chi connectivity index (χ1) is 15.8. The Balaban J connectivity index is 1.66. The maximum absolute atomic E-state index is 13.9. The zero-order chi connectivity index (χ0) is 25.3. The van der Waals surface area contributed by atoms with Crippen molar-refractivity contribution in [3.05, 3.63) is 52.9 Å². The van der Waals surface area contributed by atoms with Gasteiger partial charge in [-0.05, 0) is 30.8 Å². The molecule has 0 aromatic carbocycles. The number of halogens is 8. The molecule has 1 N–H and O–H groups in total. The Morgan fingerprint density at radius 3 is 2.35 bits per heavy atom. The zero-order valence-electron chi connectivity index (χ0n) is 17.9. The molecule has 0 atom stereocenters. The van der Waals surface area contributed by atoms with E-state index >= 15 is 0 Å². The lowest BCUT2D eigenvalue weighted by molar-refractivity contribution is -0.147. The number of alkyl halides is 6. The van der Waals surface area contributed by atoms with Gasteiger partial charge in [0.2, 0.25) is 0 Å². The molecule has 1 saturated heterocycles. The minimum Gasteiger partial charge on any atom is -0.337 e. The summed E-state index contributed by atoms with van der Waals surface area (Å²) in [4.78, 5) is 15.5. The predicted octanol–water partition coefficient (Wildman–Crippen LogP) is 5.01. The maximum Gasteiger partial charge on any atom is 0.419 e. The molecular formula is C21H22F8N4O. The Kier molecular flexibility index (Phi) is 7.53. The van der Waals surface area contributed by atoms with Gasteiger partial charge in [-0.3, -0.25) is 14.8 Å². The van der Waals surface area contributed by atoms with Gasteiger partial charge in [0.15, 0.2) is 5.69 Å². The highest BCUT2D eigenvalue weighted by Gasteiger charge is 2.41. The van der Waals surface area contributed by atoms with Crippen LogP contribution < -0.4 is 0 Å². The van der Waals surface area contributed by atoms with Gasteiger partial charge in [-0.2, -0.15) is 31.4 Å². The summed E-state index contributed by atoms with van der Waals surface area (Å²) in [7, 11) is 0. The van der Waals surface area contributed by atoms with Crippen LogP contribution in [0.3, 0.4) is 0 Å². The van der Waals surface area contributed by atoms with Gasteiger partial charge in [0, 0.05) is 37.8 Å². The number of likely N-dealkylation sites (tertiary alicyclic amines) is 1. The van der Waals surface area contributed by atoms with E-state index in [9.17, 15) is 39.9 Å². The first kappa shape index (κ1) is 25.9. The van der Waals surface area contributed by atoms with E-state index in [0.29, 0.717) is 11.3 Å². The molecule has 2 aliphatic rings. The largest absolute Gasteiger partial charge is 0.419 e. The van der Waals surface area contributed by atoms with Gasteiger partial charge in [-0.1, -0.05) is 6.58 Å². The first-order valence-electron chi connectivity index (χ1n) is 10.4. The van der Waals surface area contributed by atoms with E-state index in [-0.39, 0.29) is 63.5 Å². The van der Waals surface area contributed by atoms with Crippen molar-refractivity contribution in [3.63, 3.8) is 0 Å². The molecule has 0 aliphatic carbocycles.